The molecule has 0 atom stereocenters. The monoisotopic (exact) mass is 368 g/mol. The first-order valence-corrected chi connectivity index (χ1v) is 8.57. The molecule has 26 heavy (non-hydrogen) atoms. The van der Waals surface area contributed by atoms with Crippen molar-refractivity contribution in [1.82, 2.24) is 20.3 Å². The SMILES string of the molecule is O=C(Cc1n[nH]c(=O)c2ccccc12)OCc1nc(-c2cccs2)no1. The van der Waals surface area contributed by atoms with Gasteiger partial charge in [-0.05, 0) is 17.5 Å². The summed E-state index contributed by atoms with van der Waals surface area (Å²) in [6.45, 7) is -0.126. The molecule has 130 valence electrons. The van der Waals surface area contributed by atoms with E-state index in [1.165, 1.54) is 11.3 Å². The summed E-state index contributed by atoms with van der Waals surface area (Å²) in [6.07, 6.45) is -0.0801. The lowest BCUT2D eigenvalue weighted by atomic mass is 10.1. The molecule has 0 fully saturated rings. The number of nitrogens with one attached hydrogen (secondary N) is 1. The van der Waals surface area contributed by atoms with Gasteiger partial charge in [-0.15, -0.1) is 11.3 Å². The fourth-order valence-corrected chi connectivity index (χ4v) is 3.10. The van der Waals surface area contributed by atoms with E-state index in [1.54, 1.807) is 24.3 Å². The van der Waals surface area contributed by atoms with Crippen LogP contribution in [0.5, 0.6) is 0 Å². The largest absolute Gasteiger partial charge is 0.455 e. The van der Waals surface area contributed by atoms with Gasteiger partial charge in [-0.3, -0.25) is 9.59 Å². The Hall–Kier alpha value is -3.33. The van der Waals surface area contributed by atoms with Gasteiger partial charge < -0.3 is 9.26 Å². The molecule has 3 aromatic heterocycles. The van der Waals surface area contributed by atoms with E-state index >= 15 is 0 Å². The molecule has 0 saturated carbocycles. The number of benzene rings is 1. The van der Waals surface area contributed by atoms with E-state index in [-0.39, 0.29) is 24.5 Å². The van der Waals surface area contributed by atoms with Crippen molar-refractivity contribution >= 4 is 28.1 Å². The second-order valence-electron chi connectivity index (χ2n) is 5.37. The van der Waals surface area contributed by atoms with E-state index in [4.69, 9.17) is 9.26 Å². The van der Waals surface area contributed by atoms with Crippen molar-refractivity contribution < 1.29 is 14.1 Å². The molecule has 0 amide bonds. The molecule has 0 bridgehead atoms. The molecule has 3 heterocycles. The van der Waals surface area contributed by atoms with Crippen LogP contribution >= 0.6 is 11.3 Å². The standard InChI is InChI=1S/C17H12N4O4S/c22-15(8-12-10-4-1-2-5-11(10)17(23)20-19-12)24-9-14-18-16(21-25-14)13-6-3-7-26-13/h1-7H,8-9H2,(H,20,23). The van der Waals surface area contributed by atoms with Crippen LogP contribution in [0.1, 0.15) is 11.6 Å². The number of aromatic nitrogens is 4. The number of aromatic amines is 1. The first kappa shape index (κ1) is 16.2. The zero-order valence-electron chi connectivity index (χ0n) is 13.3. The summed E-state index contributed by atoms with van der Waals surface area (Å²) in [4.78, 5) is 28.9. The molecule has 1 N–H and O–H groups in total. The Morgan fingerprint density at radius 2 is 2.04 bits per heavy atom. The van der Waals surface area contributed by atoms with Gasteiger partial charge in [0.05, 0.1) is 22.4 Å². The third-order valence-electron chi connectivity index (χ3n) is 3.65. The summed E-state index contributed by atoms with van der Waals surface area (Å²) in [7, 11) is 0. The maximum absolute atomic E-state index is 12.1. The molecular formula is C17H12N4O4S. The second-order valence-corrected chi connectivity index (χ2v) is 6.32. The van der Waals surface area contributed by atoms with Crippen molar-refractivity contribution in [3.05, 3.63) is 63.7 Å². The number of H-pyrrole nitrogens is 1. The van der Waals surface area contributed by atoms with Gasteiger partial charge in [0.15, 0.2) is 6.61 Å². The van der Waals surface area contributed by atoms with Crippen molar-refractivity contribution in [3.63, 3.8) is 0 Å². The second kappa shape index (κ2) is 6.89. The predicted octanol–water partition coefficient (Wildman–Crippen LogP) is 2.32. The molecule has 8 nitrogen and oxygen atoms in total. The molecule has 0 radical (unpaired) electrons. The molecule has 4 rings (SSSR count). The van der Waals surface area contributed by atoms with E-state index in [0.29, 0.717) is 22.3 Å². The first-order valence-electron chi connectivity index (χ1n) is 7.69. The molecular weight excluding hydrogens is 356 g/mol. The first-order chi connectivity index (χ1) is 12.7. The Kier molecular flexibility index (Phi) is 4.28. The fraction of sp³-hybridized carbons (Fsp3) is 0.118. The number of hydrogen-bond acceptors (Lipinski definition) is 8. The van der Waals surface area contributed by atoms with E-state index in [9.17, 15) is 9.59 Å². The van der Waals surface area contributed by atoms with Gasteiger partial charge in [0.25, 0.3) is 11.4 Å². The molecule has 4 aromatic rings. The average Bonchev–Trinajstić information content (AvgIpc) is 3.34. The van der Waals surface area contributed by atoms with Gasteiger partial charge in [0, 0.05) is 5.39 Å². The van der Waals surface area contributed by atoms with Crippen LogP contribution in [0.4, 0.5) is 0 Å². The van der Waals surface area contributed by atoms with Gasteiger partial charge in [0.1, 0.15) is 0 Å². The fourth-order valence-electron chi connectivity index (χ4n) is 2.46. The number of rotatable bonds is 5. The smallest absolute Gasteiger partial charge is 0.312 e. The molecule has 0 aliphatic heterocycles. The lowest BCUT2D eigenvalue weighted by Gasteiger charge is -2.04. The summed E-state index contributed by atoms with van der Waals surface area (Å²) in [5.41, 5.74) is 0.139. The number of ether oxygens (including phenoxy) is 1. The van der Waals surface area contributed by atoms with Gasteiger partial charge in [0.2, 0.25) is 5.82 Å². The minimum atomic E-state index is -0.509. The Morgan fingerprint density at radius 3 is 2.85 bits per heavy atom. The Balaban J connectivity index is 1.44. The van der Waals surface area contributed by atoms with Crippen molar-refractivity contribution in [3.8, 4) is 10.7 Å². The van der Waals surface area contributed by atoms with E-state index in [2.05, 4.69) is 20.3 Å². The number of carbonyl (C=O) groups is 1. The number of fused-ring (bicyclic) bond motifs is 1. The molecule has 0 unspecified atom stereocenters. The summed E-state index contributed by atoms with van der Waals surface area (Å²) >= 11 is 1.49. The summed E-state index contributed by atoms with van der Waals surface area (Å²) < 4.78 is 10.3. The highest BCUT2D eigenvalue weighted by atomic mass is 32.1. The topological polar surface area (TPSA) is 111 Å². The van der Waals surface area contributed by atoms with Crippen molar-refractivity contribution in [1.29, 1.82) is 0 Å². The van der Waals surface area contributed by atoms with E-state index in [0.717, 1.165) is 4.88 Å². The molecule has 9 heteroatoms. The maximum atomic E-state index is 12.1. The number of carbonyl (C=O) groups excluding carboxylic acids is 1. The van der Waals surface area contributed by atoms with Crippen molar-refractivity contribution in [2.75, 3.05) is 0 Å². The zero-order chi connectivity index (χ0) is 17.9. The van der Waals surface area contributed by atoms with Crippen molar-refractivity contribution in [2.24, 2.45) is 0 Å². The van der Waals surface area contributed by atoms with Crippen LogP contribution in [0.25, 0.3) is 21.5 Å². The Morgan fingerprint density at radius 1 is 1.19 bits per heavy atom. The van der Waals surface area contributed by atoms with Crippen LogP contribution in [0.2, 0.25) is 0 Å². The van der Waals surface area contributed by atoms with Gasteiger partial charge in [-0.1, -0.05) is 29.4 Å². The lowest BCUT2D eigenvalue weighted by Crippen LogP contribution is -2.15. The van der Waals surface area contributed by atoms with E-state index < -0.39 is 5.97 Å². The minimum Gasteiger partial charge on any atom is -0.455 e. The number of nitrogens with zero attached hydrogens (tertiary/aromatic N) is 3. The van der Waals surface area contributed by atoms with Crippen molar-refractivity contribution in [2.45, 2.75) is 13.0 Å². The third kappa shape index (κ3) is 3.24. The highest BCUT2D eigenvalue weighted by Crippen LogP contribution is 2.21. The summed E-state index contributed by atoms with van der Waals surface area (Å²) in [5.74, 6) is 0.158. The molecule has 1 aromatic carbocycles. The maximum Gasteiger partial charge on any atom is 0.312 e. The Labute approximate surface area is 150 Å². The van der Waals surface area contributed by atoms with Gasteiger partial charge in [-0.2, -0.15) is 10.1 Å². The van der Waals surface area contributed by atoms with Crippen LogP contribution in [-0.4, -0.2) is 26.3 Å². The predicted molar refractivity (Wildman–Crippen MR) is 93.5 cm³/mol. The van der Waals surface area contributed by atoms with Crippen LogP contribution in [0, 0.1) is 0 Å². The average molecular weight is 368 g/mol. The Bertz CT molecular complexity index is 1120. The quantitative estimate of drug-likeness (QED) is 0.538. The molecule has 0 aliphatic rings. The zero-order valence-corrected chi connectivity index (χ0v) is 14.2. The minimum absolute atomic E-state index is 0.0801. The molecule has 0 spiro atoms. The number of hydrogen-bond donors (Lipinski definition) is 1. The number of thiophene rings is 1. The highest BCUT2D eigenvalue weighted by Gasteiger charge is 2.14. The molecule has 0 saturated heterocycles. The van der Waals surface area contributed by atoms with Crippen LogP contribution in [0.15, 0.2) is 51.1 Å². The van der Waals surface area contributed by atoms with Crippen LogP contribution in [0.3, 0.4) is 0 Å². The van der Waals surface area contributed by atoms with Gasteiger partial charge in [-0.25, -0.2) is 5.10 Å². The normalized spacial score (nSPS) is 10.9. The lowest BCUT2D eigenvalue weighted by molar-refractivity contribution is -0.144. The van der Waals surface area contributed by atoms with Gasteiger partial charge >= 0.3 is 5.97 Å². The third-order valence-corrected chi connectivity index (χ3v) is 4.52. The summed E-state index contributed by atoms with van der Waals surface area (Å²) in [6, 6.07) is 10.7. The highest BCUT2D eigenvalue weighted by molar-refractivity contribution is 7.13. The summed E-state index contributed by atoms with van der Waals surface area (Å²) in [5, 5.41) is 13.2. The van der Waals surface area contributed by atoms with Crippen LogP contribution in [-0.2, 0) is 22.6 Å². The number of esters is 1. The van der Waals surface area contributed by atoms with E-state index in [1.807, 2.05) is 17.5 Å². The van der Waals surface area contributed by atoms with Crippen LogP contribution < -0.4 is 5.56 Å². The molecule has 0 aliphatic carbocycles.